The minimum absolute atomic E-state index is 0.118. The van der Waals surface area contributed by atoms with Crippen molar-refractivity contribution in [3.63, 3.8) is 0 Å². The number of rotatable bonds is 5. The van der Waals surface area contributed by atoms with E-state index in [1.165, 1.54) is 0 Å². The van der Waals surface area contributed by atoms with Gasteiger partial charge in [-0.3, -0.25) is 0 Å². The predicted molar refractivity (Wildman–Crippen MR) is 63.4 cm³/mol. The fourth-order valence-corrected chi connectivity index (χ4v) is 1.58. The number of ether oxygens (including phenoxy) is 4. The van der Waals surface area contributed by atoms with Gasteiger partial charge in [0.25, 0.3) is 0 Å². The second-order valence-electron chi connectivity index (χ2n) is 4.74. The van der Waals surface area contributed by atoms with Gasteiger partial charge < -0.3 is 18.9 Å². The first-order valence-corrected chi connectivity index (χ1v) is 5.88. The topological polar surface area (TPSA) is 66.4 Å². The normalized spacial score (nSPS) is 23.6. The molecule has 0 spiro atoms. The molecule has 2 rings (SSSR count). The summed E-state index contributed by atoms with van der Waals surface area (Å²) in [5.41, 5.74) is -0.118. The maximum atomic E-state index is 10.6. The number of aliphatic imine (C=N–C) groups is 1. The third-order valence-electron chi connectivity index (χ3n) is 2.46. The number of hydrogen-bond acceptors (Lipinski definition) is 6. The van der Waals surface area contributed by atoms with E-state index in [2.05, 4.69) is 9.73 Å². The highest BCUT2D eigenvalue weighted by Crippen LogP contribution is 2.18. The van der Waals surface area contributed by atoms with Crippen LogP contribution in [-0.2, 0) is 18.9 Å². The van der Waals surface area contributed by atoms with Crippen LogP contribution in [0.1, 0.15) is 20.3 Å². The molecule has 2 heterocycles. The van der Waals surface area contributed by atoms with E-state index in [0.29, 0.717) is 32.0 Å². The van der Waals surface area contributed by atoms with Gasteiger partial charge in [-0.15, -0.1) is 0 Å². The van der Waals surface area contributed by atoms with E-state index in [-0.39, 0.29) is 12.1 Å². The first-order chi connectivity index (χ1) is 8.55. The molecule has 0 saturated carbocycles. The maximum Gasteiger partial charge on any atom is 0.514 e. The Kier molecular flexibility index (Phi) is 3.86. The Labute approximate surface area is 106 Å². The molecule has 0 amide bonds. The van der Waals surface area contributed by atoms with E-state index >= 15 is 0 Å². The van der Waals surface area contributed by atoms with E-state index in [1.54, 1.807) is 6.08 Å². The lowest BCUT2D eigenvalue weighted by atomic mass is 10.1. The lowest BCUT2D eigenvalue weighted by molar-refractivity contribution is 0.135. The van der Waals surface area contributed by atoms with Crippen LogP contribution < -0.4 is 0 Å². The fraction of sp³-hybridized carbons (Fsp3) is 0.667. The molecule has 0 aromatic heterocycles. The Morgan fingerprint density at radius 3 is 2.89 bits per heavy atom. The lowest BCUT2D eigenvalue weighted by Crippen LogP contribution is -2.17. The smallest absolute Gasteiger partial charge is 0.478 e. The molecule has 0 aromatic carbocycles. The van der Waals surface area contributed by atoms with Crippen LogP contribution in [0.3, 0.4) is 0 Å². The van der Waals surface area contributed by atoms with Gasteiger partial charge in [0.05, 0.1) is 18.8 Å². The van der Waals surface area contributed by atoms with E-state index in [1.807, 2.05) is 13.8 Å². The van der Waals surface area contributed by atoms with Gasteiger partial charge >= 0.3 is 6.16 Å². The molecular formula is C12H17NO5. The number of hydrogen-bond donors (Lipinski definition) is 0. The third-order valence-corrected chi connectivity index (χ3v) is 2.46. The number of nitrogens with zero attached hydrogens (tertiary/aromatic N) is 1. The van der Waals surface area contributed by atoms with E-state index < -0.39 is 6.16 Å². The molecule has 6 heteroatoms. The quantitative estimate of drug-likeness (QED) is 0.552. The Balaban J connectivity index is 1.61. The minimum Gasteiger partial charge on any atom is -0.478 e. The van der Waals surface area contributed by atoms with Gasteiger partial charge in [-0.2, -0.15) is 0 Å². The summed E-state index contributed by atoms with van der Waals surface area (Å²) in [6.07, 6.45) is 1.69. The molecule has 1 saturated heterocycles. The van der Waals surface area contributed by atoms with Crippen LogP contribution in [0, 0.1) is 0 Å². The molecule has 0 N–H and O–H groups in total. The Morgan fingerprint density at radius 1 is 1.44 bits per heavy atom. The summed E-state index contributed by atoms with van der Waals surface area (Å²) in [4.78, 5) is 15.0. The van der Waals surface area contributed by atoms with Crippen molar-refractivity contribution >= 4 is 12.1 Å². The van der Waals surface area contributed by atoms with E-state index in [9.17, 15) is 4.79 Å². The monoisotopic (exact) mass is 255 g/mol. The van der Waals surface area contributed by atoms with Crippen molar-refractivity contribution < 1.29 is 23.7 Å². The second kappa shape index (κ2) is 5.39. The maximum absolute atomic E-state index is 10.6. The van der Waals surface area contributed by atoms with Crippen LogP contribution in [0.4, 0.5) is 4.79 Å². The van der Waals surface area contributed by atoms with Crippen LogP contribution in [0.25, 0.3) is 0 Å². The van der Waals surface area contributed by atoms with Crippen LogP contribution in [-0.4, -0.2) is 44.0 Å². The Morgan fingerprint density at radius 2 is 2.28 bits per heavy atom. The average molecular weight is 255 g/mol. The summed E-state index contributed by atoms with van der Waals surface area (Å²) in [5, 5.41) is 0. The first kappa shape index (κ1) is 12.9. The lowest BCUT2D eigenvalue weighted by Gasteiger charge is -2.07. The summed E-state index contributed by atoms with van der Waals surface area (Å²) in [7, 11) is 0. The van der Waals surface area contributed by atoms with Crippen LogP contribution in [0.15, 0.2) is 16.8 Å². The number of carbonyl (C=O) groups is 1. The van der Waals surface area contributed by atoms with E-state index in [4.69, 9.17) is 14.2 Å². The zero-order chi connectivity index (χ0) is 13.0. The van der Waals surface area contributed by atoms with Crippen LogP contribution >= 0.6 is 0 Å². The highest BCUT2D eigenvalue weighted by atomic mass is 16.8. The second-order valence-corrected chi connectivity index (χ2v) is 4.74. The summed E-state index contributed by atoms with van der Waals surface area (Å²) in [6, 6.07) is 0. The largest absolute Gasteiger partial charge is 0.514 e. The predicted octanol–water partition coefficient (Wildman–Crippen LogP) is 1.65. The Hall–Kier alpha value is -1.56. The van der Waals surface area contributed by atoms with Gasteiger partial charge in [0, 0.05) is 6.42 Å². The first-order valence-electron chi connectivity index (χ1n) is 5.88. The molecular weight excluding hydrogens is 238 g/mol. The molecule has 0 unspecified atom stereocenters. The van der Waals surface area contributed by atoms with E-state index in [0.717, 1.165) is 5.90 Å². The summed E-state index contributed by atoms with van der Waals surface area (Å²) in [6.45, 7) is 5.77. The molecule has 18 heavy (non-hydrogen) atoms. The van der Waals surface area contributed by atoms with Crippen molar-refractivity contribution in [2.24, 2.45) is 4.99 Å². The molecule has 0 aliphatic carbocycles. The molecule has 1 fully saturated rings. The van der Waals surface area contributed by atoms with Crippen molar-refractivity contribution in [1.29, 1.82) is 0 Å². The van der Waals surface area contributed by atoms with Gasteiger partial charge in [-0.05, 0) is 19.9 Å². The summed E-state index contributed by atoms with van der Waals surface area (Å²) >= 11 is 0. The van der Waals surface area contributed by atoms with Crippen LogP contribution in [0.2, 0.25) is 0 Å². The minimum atomic E-state index is -0.655. The van der Waals surface area contributed by atoms with Crippen molar-refractivity contribution in [3.8, 4) is 0 Å². The summed E-state index contributed by atoms with van der Waals surface area (Å²) < 4.78 is 20.1. The molecule has 2 aliphatic heterocycles. The Bertz CT molecular complexity index is 386. The zero-order valence-electron chi connectivity index (χ0n) is 10.6. The SMILES string of the molecule is CC1(C)COC(CCOCC=C2COC(=O)O2)=N1. The van der Waals surface area contributed by atoms with Crippen molar-refractivity contribution in [1.82, 2.24) is 0 Å². The highest BCUT2D eigenvalue weighted by Gasteiger charge is 2.25. The molecule has 0 aromatic rings. The van der Waals surface area contributed by atoms with Crippen LogP contribution in [0.5, 0.6) is 0 Å². The summed E-state index contributed by atoms with van der Waals surface area (Å²) in [5.74, 6) is 1.24. The molecule has 6 nitrogen and oxygen atoms in total. The van der Waals surface area contributed by atoms with Gasteiger partial charge in [-0.1, -0.05) is 0 Å². The molecule has 2 aliphatic rings. The van der Waals surface area contributed by atoms with Gasteiger partial charge in [-0.25, -0.2) is 9.79 Å². The number of carbonyl (C=O) groups excluding carboxylic acids is 1. The fourth-order valence-electron chi connectivity index (χ4n) is 1.58. The molecule has 0 radical (unpaired) electrons. The molecule has 100 valence electrons. The van der Waals surface area contributed by atoms with Gasteiger partial charge in [0.2, 0.25) is 0 Å². The standard InChI is InChI=1S/C12H17NO5/c1-12(2)8-17-10(13-12)4-6-15-5-3-9-7-16-11(14)18-9/h3H,4-8H2,1-2H3. The highest BCUT2D eigenvalue weighted by molar-refractivity contribution is 5.78. The van der Waals surface area contributed by atoms with Crippen molar-refractivity contribution in [3.05, 3.63) is 11.8 Å². The van der Waals surface area contributed by atoms with Crippen molar-refractivity contribution in [2.45, 2.75) is 25.8 Å². The average Bonchev–Trinajstić information content (AvgIpc) is 2.85. The number of cyclic esters (lactones) is 2. The molecule has 0 bridgehead atoms. The third kappa shape index (κ3) is 3.73. The zero-order valence-corrected chi connectivity index (χ0v) is 10.6. The van der Waals surface area contributed by atoms with Gasteiger partial charge in [0.15, 0.2) is 12.5 Å². The van der Waals surface area contributed by atoms with Gasteiger partial charge in [0.1, 0.15) is 12.4 Å². The van der Waals surface area contributed by atoms with Crippen molar-refractivity contribution in [2.75, 3.05) is 26.4 Å². The molecule has 0 atom stereocenters.